The van der Waals surface area contributed by atoms with Gasteiger partial charge in [0, 0.05) is 67.3 Å². The van der Waals surface area contributed by atoms with Crippen molar-refractivity contribution in [3.8, 4) is 11.1 Å². The molecular formula is C29H31FIN7O4. The highest BCUT2D eigenvalue weighted by molar-refractivity contribution is 14.1. The van der Waals surface area contributed by atoms with E-state index in [-0.39, 0.29) is 11.6 Å². The molecule has 0 aliphatic carbocycles. The molecule has 0 N–H and O–H groups in total. The van der Waals surface area contributed by atoms with E-state index in [0.29, 0.717) is 48.4 Å². The van der Waals surface area contributed by atoms with Crippen molar-refractivity contribution < 1.29 is 21.8 Å². The van der Waals surface area contributed by atoms with Crippen molar-refractivity contribution in [2.75, 3.05) is 31.1 Å². The zero-order valence-electron chi connectivity index (χ0n) is 23.6. The SMILES string of the molecule is CC(C)(C)OC(=O)N1CCN(c2ccc(-c3ccc4cn(C(C(=O)OI)c5ncn6c5CCC6)nc4c3F)cn2)CC1. The second-order valence-electron chi connectivity index (χ2n) is 11.5. The molecule has 11 nitrogen and oxygen atoms in total. The van der Waals surface area contributed by atoms with Crippen molar-refractivity contribution in [2.24, 2.45) is 0 Å². The summed E-state index contributed by atoms with van der Waals surface area (Å²) in [4.78, 5) is 38.1. The average Bonchev–Trinajstić information content (AvgIpc) is 3.70. The predicted molar refractivity (Wildman–Crippen MR) is 162 cm³/mol. The Kier molecular flexibility index (Phi) is 7.53. The Morgan fingerprint density at radius 3 is 2.52 bits per heavy atom. The Morgan fingerprint density at radius 2 is 1.83 bits per heavy atom. The number of carbonyl (C=O) groups is 2. The highest BCUT2D eigenvalue weighted by Gasteiger charge is 2.33. The first-order valence-corrected chi connectivity index (χ1v) is 14.7. The molecule has 1 amide bonds. The van der Waals surface area contributed by atoms with Gasteiger partial charge < -0.3 is 22.2 Å². The molecular weight excluding hydrogens is 656 g/mol. The van der Waals surface area contributed by atoms with Gasteiger partial charge in [0.15, 0.2) is 34.9 Å². The minimum absolute atomic E-state index is 0.150. The minimum Gasteiger partial charge on any atom is -0.444 e. The first-order chi connectivity index (χ1) is 20.1. The van der Waals surface area contributed by atoms with E-state index >= 15 is 4.39 Å². The number of anilines is 1. The summed E-state index contributed by atoms with van der Waals surface area (Å²) in [6, 6.07) is 6.25. The van der Waals surface area contributed by atoms with Gasteiger partial charge in [0.1, 0.15) is 16.9 Å². The fourth-order valence-corrected chi connectivity index (χ4v) is 5.77. The molecule has 6 rings (SSSR count). The molecule has 3 aromatic heterocycles. The van der Waals surface area contributed by atoms with Crippen molar-refractivity contribution in [1.82, 2.24) is 29.2 Å². The van der Waals surface area contributed by atoms with Crippen molar-refractivity contribution in [2.45, 2.75) is 51.8 Å². The number of hydrogen-bond acceptors (Lipinski definition) is 8. The molecule has 2 aliphatic rings. The minimum atomic E-state index is -0.914. The van der Waals surface area contributed by atoms with Crippen LogP contribution in [0.3, 0.4) is 0 Å². The lowest BCUT2D eigenvalue weighted by Gasteiger charge is -2.36. The number of fused-ring (bicyclic) bond motifs is 2. The number of halogens is 2. The van der Waals surface area contributed by atoms with Crippen molar-refractivity contribution in [3.63, 3.8) is 0 Å². The summed E-state index contributed by atoms with van der Waals surface area (Å²) in [6.07, 6.45) is 6.49. The van der Waals surface area contributed by atoms with Crippen LogP contribution in [-0.4, -0.2) is 73.1 Å². The van der Waals surface area contributed by atoms with Crippen LogP contribution in [0.1, 0.15) is 44.6 Å². The number of piperazine rings is 1. The maximum atomic E-state index is 15.9. The molecule has 1 aromatic carbocycles. The Hall–Kier alpha value is -3.75. The number of rotatable bonds is 5. The summed E-state index contributed by atoms with van der Waals surface area (Å²) in [5.41, 5.74) is 2.13. The molecule has 0 saturated carbocycles. The third-order valence-electron chi connectivity index (χ3n) is 7.56. The summed E-state index contributed by atoms with van der Waals surface area (Å²) in [6.45, 7) is 8.69. The quantitative estimate of drug-likeness (QED) is 0.273. The van der Waals surface area contributed by atoms with E-state index in [1.54, 1.807) is 58.8 Å². The number of aryl methyl sites for hydroxylation is 1. The van der Waals surface area contributed by atoms with Crippen LogP contribution in [-0.2, 0) is 25.6 Å². The number of aromatic nitrogens is 5. The first-order valence-electron chi connectivity index (χ1n) is 13.9. The second kappa shape index (κ2) is 11.2. The van der Waals surface area contributed by atoms with Crippen LogP contribution in [0.4, 0.5) is 15.0 Å². The van der Waals surface area contributed by atoms with Gasteiger partial charge in [-0.2, -0.15) is 5.10 Å². The van der Waals surface area contributed by atoms with E-state index in [0.717, 1.165) is 30.9 Å². The van der Waals surface area contributed by atoms with Crippen molar-refractivity contribution in [3.05, 3.63) is 60.2 Å². The fourth-order valence-electron chi connectivity index (χ4n) is 5.52. The molecule has 1 unspecified atom stereocenters. The number of nitrogens with zero attached hydrogens (tertiary/aromatic N) is 7. The van der Waals surface area contributed by atoms with E-state index < -0.39 is 23.4 Å². The van der Waals surface area contributed by atoms with Crippen molar-refractivity contribution in [1.29, 1.82) is 0 Å². The Balaban J connectivity index is 1.21. The van der Waals surface area contributed by atoms with E-state index in [1.165, 1.54) is 4.68 Å². The molecule has 1 saturated heterocycles. The maximum absolute atomic E-state index is 15.9. The second-order valence-corrected chi connectivity index (χ2v) is 11.9. The molecule has 0 radical (unpaired) electrons. The predicted octanol–water partition coefficient (Wildman–Crippen LogP) is 4.92. The average molecular weight is 688 g/mol. The summed E-state index contributed by atoms with van der Waals surface area (Å²) >= 11 is 1.56. The standard InChI is InChI=1S/C29H31FIN7O4/c1-29(2,3)41-28(40)36-13-11-35(12-14-36)22-9-7-18(15-32-22)20-8-6-19-16-38(34-24(19)23(20)30)26(27(39)42-31)25-21-5-4-10-37(21)17-33-25/h6-9,15-17,26H,4-5,10-14H2,1-3H3. The van der Waals surface area contributed by atoms with Crippen LogP contribution in [0.5, 0.6) is 0 Å². The molecule has 42 heavy (non-hydrogen) atoms. The Bertz CT molecular complexity index is 1640. The summed E-state index contributed by atoms with van der Waals surface area (Å²) in [7, 11) is 0. The van der Waals surface area contributed by atoms with Gasteiger partial charge in [0.25, 0.3) is 0 Å². The van der Waals surface area contributed by atoms with Crippen LogP contribution in [0.15, 0.2) is 43.0 Å². The number of ether oxygens (including phenoxy) is 1. The number of hydrogen-bond donors (Lipinski definition) is 0. The number of pyridine rings is 1. The largest absolute Gasteiger partial charge is 0.444 e. The summed E-state index contributed by atoms with van der Waals surface area (Å²) in [5, 5.41) is 5.06. The van der Waals surface area contributed by atoms with Gasteiger partial charge >= 0.3 is 12.1 Å². The van der Waals surface area contributed by atoms with Gasteiger partial charge in [0.05, 0.1) is 12.0 Å². The number of amides is 1. The maximum Gasteiger partial charge on any atom is 0.410 e. The van der Waals surface area contributed by atoms with Crippen LogP contribution in [0.25, 0.3) is 22.0 Å². The number of benzene rings is 1. The topological polar surface area (TPSA) is 108 Å². The van der Waals surface area contributed by atoms with E-state index in [2.05, 4.69) is 20.0 Å². The Morgan fingerprint density at radius 1 is 1.05 bits per heavy atom. The fraction of sp³-hybridized carbons (Fsp3) is 0.414. The van der Waals surface area contributed by atoms with E-state index in [1.807, 2.05) is 37.5 Å². The van der Waals surface area contributed by atoms with Gasteiger partial charge in [-0.15, -0.1) is 0 Å². The lowest BCUT2D eigenvalue weighted by molar-refractivity contribution is -0.134. The van der Waals surface area contributed by atoms with Gasteiger partial charge in [0.2, 0.25) is 0 Å². The molecule has 220 valence electrons. The van der Waals surface area contributed by atoms with Gasteiger partial charge in [-0.1, -0.05) is 12.1 Å². The smallest absolute Gasteiger partial charge is 0.410 e. The van der Waals surface area contributed by atoms with Crippen LogP contribution >= 0.6 is 23.0 Å². The molecule has 1 atom stereocenters. The highest BCUT2D eigenvalue weighted by Crippen LogP contribution is 2.32. The van der Waals surface area contributed by atoms with Gasteiger partial charge in [-0.05, 0) is 45.7 Å². The summed E-state index contributed by atoms with van der Waals surface area (Å²) < 4.78 is 29.9. The third kappa shape index (κ3) is 5.41. The van der Waals surface area contributed by atoms with Crippen LogP contribution < -0.4 is 4.90 Å². The van der Waals surface area contributed by atoms with E-state index in [9.17, 15) is 9.59 Å². The number of carbonyl (C=O) groups excluding carboxylic acids is 2. The highest BCUT2D eigenvalue weighted by atomic mass is 127. The molecule has 13 heteroatoms. The van der Waals surface area contributed by atoms with Gasteiger partial charge in [-0.3, -0.25) is 4.68 Å². The zero-order valence-corrected chi connectivity index (χ0v) is 25.7. The monoisotopic (exact) mass is 687 g/mol. The van der Waals surface area contributed by atoms with E-state index in [4.69, 9.17) is 7.80 Å². The van der Waals surface area contributed by atoms with Gasteiger partial charge in [-0.25, -0.2) is 23.9 Å². The third-order valence-corrected chi connectivity index (χ3v) is 8.00. The molecule has 1 fully saturated rings. The molecule has 4 aromatic rings. The lowest BCUT2D eigenvalue weighted by Crippen LogP contribution is -2.50. The van der Waals surface area contributed by atoms with Crippen LogP contribution in [0, 0.1) is 5.82 Å². The molecule has 0 bridgehead atoms. The normalized spacial score (nSPS) is 16.0. The lowest BCUT2D eigenvalue weighted by atomic mass is 10.1. The Labute approximate surface area is 256 Å². The number of imidazole rings is 1. The molecule has 5 heterocycles. The summed E-state index contributed by atoms with van der Waals surface area (Å²) in [5.74, 6) is -0.270. The van der Waals surface area contributed by atoms with Crippen molar-refractivity contribution >= 4 is 51.8 Å². The first kappa shape index (κ1) is 28.4. The zero-order chi connectivity index (χ0) is 29.6. The molecule has 2 aliphatic heterocycles. The van der Waals surface area contributed by atoms with Crippen LogP contribution in [0.2, 0.25) is 0 Å². The molecule has 0 spiro atoms.